The van der Waals surface area contributed by atoms with Crippen molar-refractivity contribution in [3.8, 4) is 0 Å². The Morgan fingerprint density at radius 2 is 2.19 bits per heavy atom. The van der Waals surface area contributed by atoms with Gasteiger partial charge in [0.25, 0.3) is 0 Å². The largest absolute Gasteiger partial charge is 0.465 e. The van der Waals surface area contributed by atoms with E-state index in [0.717, 1.165) is 22.2 Å². The van der Waals surface area contributed by atoms with E-state index in [1.54, 1.807) is 16.7 Å². The lowest BCUT2D eigenvalue weighted by atomic mass is 10.1. The summed E-state index contributed by atoms with van der Waals surface area (Å²) in [4.78, 5) is 35.4. The van der Waals surface area contributed by atoms with Crippen molar-refractivity contribution in [3.05, 3.63) is 30.1 Å². The molecule has 3 N–H and O–H groups in total. The van der Waals surface area contributed by atoms with E-state index < -0.39 is 12.1 Å². The quantitative estimate of drug-likeness (QED) is 0.817. The Morgan fingerprint density at radius 1 is 1.38 bits per heavy atom. The molecule has 0 spiro atoms. The number of hydrogen-bond acceptors (Lipinski definition) is 6. The Labute approximate surface area is 155 Å². The lowest BCUT2D eigenvalue weighted by Gasteiger charge is -2.39. The van der Waals surface area contributed by atoms with Crippen LogP contribution in [0, 0.1) is 0 Å². The molecule has 1 fully saturated rings. The number of thioether (sulfide) groups is 1. The monoisotopic (exact) mass is 375 g/mol. The zero-order chi connectivity index (χ0) is 18.7. The lowest BCUT2D eigenvalue weighted by Crippen LogP contribution is -2.58. The van der Waals surface area contributed by atoms with Gasteiger partial charge in [0.15, 0.2) is 0 Å². The number of nitrogens with zero attached hydrogens (tertiary/aromatic N) is 4. The number of anilines is 1. The van der Waals surface area contributed by atoms with Crippen molar-refractivity contribution in [2.45, 2.75) is 19.0 Å². The van der Waals surface area contributed by atoms with E-state index in [1.165, 1.54) is 11.2 Å². The van der Waals surface area contributed by atoms with Gasteiger partial charge < -0.3 is 15.7 Å². The van der Waals surface area contributed by atoms with Crippen LogP contribution >= 0.6 is 11.8 Å². The minimum absolute atomic E-state index is 0.144. The molecule has 0 saturated carbocycles. The molecule has 1 aliphatic rings. The average Bonchev–Trinajstić information content (AvgIpc) is 2.62. The third kappa shape index (κ3) is 3.67. The maximum atomic E-state index is 12.8. The molecule has 2 amide bonds. The number of carboxylic acid groups (broad SMARTS) is 1. The van der Waals surface area contributed by atoms with Crippen molar-refractivity contribution in [3.63, 3.8) is 0 Å². The van der Waals surface area contributed by atoms with Gasteiger partial charge in [0.1, 0.15) is 18.2 Å². The first-order chi connectivity index (χ1) is 12.5. The highest BCUT2D eigenvalue weighted by Gasteiger charge is 2.36. The fourth-order valence-electron chi connectivity index (χ4n) is 3.18. The topological polar surface area (TPSA) is 113 Å². The number of carbonyl (C=O) groups excluding carboxylic acids is 1. The van der Waals surface area contributed by atoms with Crippen molar-refractivity contribution < 1.29 is 14.7 Å². The molecule has 2 heterocycles. The van der Waals surface area contributed by atoms with Gasteiger partial charge in [-0.1, -0.05) is 6.07 Å². The van der Waals surface area contributed by atoms with E-state index in [2.05, 4.69) is 9.97 Å². The number of benzene rings is 1. The van der Waals surface area contributed by atoms with Crippen LogP contribution in [0.5, 0.6) is 0 Å². The van der Waals surface area contributed by atoms with E-state index >= 15 is 0 Å². The molecule has 9 heteroatoms. The van der Waals surface area contributed by atoms with Gasteiger partial charge in [0, 0.05) is 25.0 Å². The number of aromatic nitrogens is 2. The van der Waals surface area contributed by atoms with Crippen molar-refractivity contribution in [2.24, 2.45) is 0 Å². The van der Waals surface area contributed by atoms with E-state index in [4.69, 9.17) is 5.73 Å². The van der Waals surface area contributed by atoms with Crippen LogP contribution in [0.3, 0.4) is 0 Å². The van der Waals surface area contributed by atoms with Gasteiger partial charge >= 0.3 is 6.09 Å². The molecule has 0 radical (unpaired) electrons. The van der Waals surface area contributed by atoms with Gasteiger partial charge in [-0.3, -0.25) is 9.69 Å². The summed E-state index contributed by atoms with van der Waals surface area (Å²) in [6.07, 6.45) is 2.83. The Balaban J connectivity index is 1.79. The number of amides is 2. The summed E-state index contributed by atoms with van der Waals surface area (Å²) in [5.41, 5.74) is 7.50. The Kier molecular flexibility index (Phi) is 5.46. The first kappa shape index (κ1) is 18.2. The molecule has 1 aromatic carbocycles. The molecule has 0 unspecified atom stereocenters. The molecule has 0 bridgehead atoms. The molecular formula is C17H21N5O3S. The van der Waals surface area contributed by atoms with Gasteiger partial charge in [0.05, 0.1) is 5.52 Å². The second kappa shape index (κ2) is 7.77. The fraction of sp³-hybridized carbons (Fsp3) is 0.412. The van der Waals surface area contributed by atoms with Gasteiger partial charge in [-0.15, -0.1) is 0 Å². The number of nitrogens with two attached hydrogens (primary N) is 1. The van der Waals surface area contributed by atoms with Crippen molar-refractivity contribution in [2.75, 3.05) is 30.8 Å². The highest BCUT2D eigenvalue weighted by Crippen LogP contribution is 2.22. The van der Waals surface area contributed by atoms with Crippen LogP contribution in [-0.2, 0) is 11.3 Å². The molecule has 8 nitrogen and oxygen atoms in total. The summed E-state index contributed by atoms with van der Waals surface area (Å²) in [7, 11) is 0. The van der Waals surface area contributed by atoms with Crippen molar-refractivity contribution in [1.29, 1.82) is 0 Å². The zero-order valence-corrected chi connectivity index (χ0v) is 15.3. The van der Waals surface area contributed by atoms with Crippen molar-refractivity contribution >= 4 is 40.5 Å². The van der Waals surface area contributed by atoms with Crippen molar-refractivity contribution in [1.82, 2.24) is 19.8 Å². The third-order valence-electron chi connectivity index (χ3n) is 4.53. The number of hydrogen-bond donors (Lipinski definition) is 2. The van der Waals surface area contributed by atoms with Gasteiger partial charge in [-0.25, -0.2) is 14.8 Å². The molecule has 1 saturated heterocycles. The molecule has 1 aliphatic heterocycles. The summed E-state index contributed by atoms with van der Waals surface area (Å²) in [5.74, 6) is 1.01. The standard InChI is InChI=1S/C17H21N5O3S/c1-26-7-4-14-16(23)21(5-6-22(14)17(24)25)9-11-2-3-12-13(8-11)19-10-20-15(12)18/h2-3,8,10,14H,4-7,9H2,1H3,(H,24,25)(H2,18,19,20)/t14-/m0/s1. The third-order valence-corrected chi connectivity index (χ3v) is 5.17. The summed E-state index contributed by atoms with van der Waals surface area (Å²) in [6.45, 7) is 1.12. The van der Waals surface area contributed by atoms with E-state index in [0.29, 0.717) is 31.9 Å². The second-order valence-corrected chi connectivity index (χ2v) is 7.13. The number of piperazine rings is 1. The molecule has 2 aromatic rings. The van der Waals surface area contributed by atoms with Crippen LogP contribution in [0.1, 0.15) is 12.0 Å². The number of fused-ring (bicyclic) bond motifs is 1. The molecule has 1 atom stereocenters. The minimum Gasteiger partial charge on any atom is -0.465 e. The highest BCUT2D eigenvalue weighted by atomic mass is 32.2. The maximum Gasteiger partial charge on any atom is 0.408 e. The summed E-state index contributed by atoms with van der Waals surface area (Å²) in [5, 5.41) is 10.1. The van der Waals surface area contributed by atoms with Crippen LogP contribution in [0.4, 0.5) is 10.6 Å². The molecular weight excluding hydrogens is 354 g/mol. The molecule has 3 rings (SSSR count). The van der Waals surface area contributed by atoms with Crippen LogP contribution in [0.15, 0.2) is 24.5 Å². The Morgan fingerprint density at radius 3 is 2.92 bits per heavy atom. The predicted octanol–water partition coefficient (Wildman–Crippen LogP) is 1.66. The SMILES string of the molecule is CSCC[C@H]1C(=O)N(Cc2ccc3c(N)ncnc3c2)CCN1C(=O)O. The summed E-state index contributed by atoms with van der Waals surface area (Å²) >= 11 is 1.60. The minimum atomic E-state index is -1.04. The maximum absolute atomic E-state index is 12.8. The number of nitrogen functional groups attached to an aromatic ring is 1. The normalized spacial score (nSPS) is 17.7. The molecule has 0 aliphatic carbocycles. The van der Waals surface area contributed by atoms with E-state index in [1.807, 2.05) is 24.5 Å². The van der Waals surface area contributed by atoms with E-state index in [-0.39, 0.29) is 5.91 Å². The van der Waals surface area contributed by atoms with Crippen LogP contribution in [0.25, 0.3) is 10.9 Å². The molecule has 1 aromatic heterocycles. The molecule has 138 valence electrons. The van der Waals surface area contributed by atoms with Gasteiger partial charge in [-0.05, 0) is 36.1 Å². The Bertz CT molecular complexity index is 831. The van der Waals surface area contributed by atoms with Crippen LogP contribution < -0.4 is 5.73 Å². The number of rotatable bonds is 5. The average molecular weight is 375 g/mol. The predicted molar refractivity (Wildman–Crippen MR) is 101 cm³/mol. The molecule has 26 heavy (non-hydrogen) atoms. The first-order valence-electron chi connectivity index (χ1n) is 8.27. The first-order valence-corrected chi connectivity index (χ1v) is 9.67. The van der Waals surface area contributed by atoms with Gasteiger partial charge in [-0.2, -0.15) is 11.8 Å². The van der Waals surface area contributed by atoms with Gasteiger partial charge in [0.2, 0.25) is 5.91 Å². The zero-order valence-electron chi connectivity index (χ0n) is 14.5. The van der Waals surface area contributed by atoms with E-state index in [9.17, 15) is 14.7 Å². The second-order valence-electron chi connectivity index (χ2n) is 6.14. The fourth-order valence-corrected chi connectivity index (χ4v) is 3.63. The Hall–Kier alpha value is -2.55. The van der Waals surface area contributed by atoms with Crippen LogP contribution in [-0.4, -0.2) is 68.0 Å². The summed E-state index contributed by atoms with van der Waals surface area (Å²) < 4.78 is 0. The van der Waals surface area contributed by atoms with Crippen LogP contribution in [0.2, 0.25) is 0 Å². The number of carbonyl (C=O) groups is 2. The summed E-state index contributed by atoms with van der Waals surface area (Å²) in [6, 6.07) is 5.02. The smallest absolute Gasteiger partial charge is 0.408 e. The lowest BCUT2D eigenvalue weighted by molar-refractivity contribution is -0.141. The highest BCUT2D eigenvalue weighted by molar-refractivity contribution is 7.98.